The summed E-state index contributed by atoms with van der Waals surface area (Å²) in [6, 6.07) is 2.64. The number of nitrogens with zero attached hydrogens (tertiary/aromatic N) is 6. The van der Waals surface area contributed by atoms with Crippen molar-refractivity contribution in [3.8, 4) is 0 Å². The van der Waals surface area contributed by atoms with Crippen LogP contribution in [0.25, 0.3) is 0 Å². The van der Waals surface area contributed by atoms with Gasteiger partial charge in [0.1, 0.15) is 5.76 Å². The largest absolute Gasteiger partial charge is 0.361 e. The van der Waals surface area contributed by atoms with E-state index in [9.17, 15) is 0 Å². The molecular formula is C18H32IN7O. The molecule has 0 spiro atoms. The van der Waals surface area contributed by atoms with Gasteiger partial charge in [0, 0.05) is 91.1 Å². The molecule has 1 aromatic rings. The Bertz CT molecular complexity index is 621. The van der Waals surface area contributed by atoms with E-state index < -0.39 is 0 Å². The smallest absolute Gasteiger partial charge is 0.193 e. The molecule has 0 aliphatic carbocycles. The predicted molar refractivity (Wildman–Crippen MR) is 117 cm³/mol. The van der Waals surface area contributed by atoms with Gasteiger partial charge in [-0.15, -0.1) is 24.0 Å². The number of hydrogen-bond acceptors (Lipinski definition) is 6. The van der Waals surface area contributed by atoms with E-state index in [4.69, 9.17) is 4.52 Å². The van der Waals surface area contributed by atoms with Gasteiger partial charge >= 0.3 is 0 Å². The van der Waals surface area contributed by atoms with Crippen LogP contribution in [0.1, 0.15) is 11.5 Å². The summed E-state index contributed by atoms with van der Waals surface area (Å²) in [4.78, 5) is 14.5. The first-order chi connectivity index (χ1) is 12.7. The normalized spacial score (nSPS) is 28.9. The molecule has 0 saturated carbocycles. The minimum absolute atomic E-state index is 0. The zero-order valence-electron chi connectivity index (χ0n) is 16.4. The third kappa shape index (κ3) is 5.12. The van der Waals surface area contributed by atoms with Crippen LogP contribution in [-0.4, -0.2) is 109 Å². The van der Waals surface area contributed by atoms with Crippen LogP contribution in [-0.2, 0) is 6.54 Å². The summed E-state index contributed by atoms with van der Waals surface area (Å²) >= 11 is 0. The topological polar surface area (TPSA) is 63.4 Å². The fourth-order valence-corrected chi connectivity index (χ4v) is 4.30. The lowest BCUT2D eigenvalue weighted by molar-refractivity contribution is 0.0151. The molecule has 1 atom stereocenters. The summed E-state index contributed by atoms with van der Waals surface area (Å²) in [6.45, 7) is 13.9. The Hall–Kier alpha value is -0.910. The van der Waals surface area contributed by atoms with Crippen LogP contribution in [0.4, 0.5) is 0 Å². The molecule has 4 aliphatic rings. The van der Waals surface area contributed by atoms with Crippen LogP contribution in [0, 0.1) is 6.92 Å². The second-order valence-corrected chi connectivity index (χ2v) is 7.61. The van der Waals surface area contributed by atoms with Crippen LogP contribution in [0.3, 0.4) is 0 Å². The number of aromatic nitrogens is 1. The van der Waals surface area contributed by atoms with Gasteiger partial charge in [0.05, 0.1) is 5.69 Å². The van der Waals surface area contributed by atoms with E-state index in [2.05, 4.69) is 35.1 Å². The average Bonchev–Trinajstić information content (AvgIpc) is 3.09. The van der Waals surface area contributed by atoms with Crippen molar-refractivity contribution in [3.05, 3.63) is 17.5 Å². The molecule has 152 valence electrons. The van der Waals surface area contributed by atoms with Crippen molar-refractivity contribution in [2.75, 3.05) is 72.5 Å². The summed E-state index contributed by atoms with van der Waals surface area (Å²) in [6.07, 6.45) is 0. The molecule has 1 aromatic heterocycles. The number of aliphatic imine (C=N–C) groups is 1. The Labute approximate surface area is 178 Å². The summed E-state index contributed by atoms with van der Waals surface area (Å²) in [5.41, 5.74) is 1.02. The molecule has 9 heteroatoms. The Balaban J connectivity index is 0.00000210. The molecule has 2 bridgehead atoms. The summed E-state index contributed by atoms with van der Waals surface area (Å²) in [7, 11) is 1.89. The first kappa shape index (κ1) is 20.8. The quantitative estimate of drug-likeness (QED) is 0.371. The van der Waals surface area contributed by atoms with Gasteiger partial charge in [0.2, 0.25) is 0 Å². The molecule has 5 rings (SSSR count). The van der Waals surface area contributed by atoms with Gasteiger partial charge < -0.3 is 14.7 Å². The Morgan fingerprint density at radius 1 is 1.19 bits per heavy atom. The van der Waals surface area contributed by atoms with Gasteiger partial charge in [-0.2, -0.15) is 0 Å². The van der Waals surface area contributed by atoms with Gasteiger partial charge in [-0.05, 0) is 6.92 Å². The minimum atomic E-state index is 0. The zero-order chi connectivity index (χ0) is 17.9. The van der Waals surface area contributed by atoms with Crippen molar-refractivity contribution >= 4 is 29.9 Å². The van der Waals surface area contributed by atoms with Crippen LogP contribution in [0.5, 0.6) is 0 Å². The monoisotopic (exact) mass is 489 g/mol. The standard InChI is InChI=1S/C18H31N7O.HI/c1-15-11-16(21-26-15)13-22-5-9-25(10-6-22)18(19-2)20-12-17-14-23-3-7-24(17)8-4-23;/h11,17H,3-10,12-14H2,1-2H3,(H,19,20);1H. The number of hydrogen-bond donors (Lipinski definition) is 1. The molecule has 4 saturated heterocycles. The highest BCUT2D eigenvalue weighted by Crippen LogP contribution is 2.15. The van der Waals surface area contributed by atoms with Crippen LogP contribution in [0.15, 0.2) is 15.6 Å². The molecule has 1 unspecified atom stereocenters. The van der Waals surface area contributed by atoms with E-state index >= 15 is 0 Å². The summed E-state index contributed by atoms with van der Waals surface area (Å²) in [5.74, 6) is 1.92. The number of aryl methyl sites for hydroxylation is 1. The molecule has 8 nitrogen and oxygen atoms in total. The molecule has 0 radical (unpaired) electrons. The van der Waals surface area contributed by atoms with E-state index in [-0.39, 0.29) is 24.0 Å². The SMILES string of the molecule is CN=C(NCC1CN2CCN1CC2)N1CCN(Cc2cc(C)on2)CC1.I. The Morgan fingerprint density at radius 2 is 1.93 bits per heavy atom. The third-order valence-corrected chi connectivity index (χ3v) is 5.83. The molecule has 0 amide bonds. The van der Waals surface area contributed by atoms with E-state index in [1.807, 2.05) is 20.0 Å². The van der Waals surface area contributed by atoms with Crippen molar-refractivity contribution in [3.63, 3.8) is 0 Å². The highest BCUT2D eigenvalue weighted by molar-refractivity contribution is 14.0. The first-order valence-electron chi connectivity index (χ1n) is 9.78. The molecule has 27 heavy (non-hydrogen) atoms. The highest BCUT2D eigenvalue weighted by atomic mass is 127. The Morgan fingerprint density at radius 3 is 2.48 bits per heavy atom. The third-order valence-electron chi connectivity index (χ3n) is 5.83. The molecule has 4 fully saturated rings. The first-order valence-corrected chi connectivity index (χ1v) is 9.78. The van der Waals surface area contributed by atoms with Gasteiger partial charge in [0.15, 0.2) is 5.96 Å². The molecule has 0 aromatic carbocycles. The number of piperazine rings is 4. The highest BCUT2D eigenvalue weighted by Gasteiger charge is 2.32. The second-order valence-electron chi connectivity index (χ2n) is 7.61. The maximum Gasteiger partial charge on any atom is 0.193 e. The van der Waals surface area contributed by atoms with E-state index in [0.717, 1.165) is 56.7 Å². The number of guanidine groups is 1. The van der Waals surface area contributed by atoms with Gasteiger partial charge in [-0.25, -0.2) is 0 Å². The summed E-state index contributed by atoms with van der Waals surface area (Å²) < 4.78 is 5.17. The fraction of sp³-hybridized carbons (Fsp3) is 0.778. The predicted octanol–water partition coefficient (Wildman–Crippen LogP) is 0.294. The van der Waals surface area contributed by atoms with Crippen LogP contribution >= 0.6 is 24.0 Å². The van der Waals surface area contributed by atoms with Crippen molar-refractivity contribution in [2.45, 2.75) is 19.5 Å². The maximum atomic E-state index is 5.17. The minimum Gasteiger partial charge on any atom is -0.361 e. The van der Waals surface area contributed by atoms with Crippen LogP contribution < -0.4 is 5.32 Å². The van der Waals surface area contributed by atoms with E-state index in [1.165, 1.54) is 32.7 Å². The zero-order valence-corrected chi connectivity index (χ0v) is 18.8. The number of nitrogens with one attached hydrogen (secondary N) is 1. The maximum absolute atomic E-state index is 5.17. The Kier molecular flexibility index (Phi) is 7.35. The number of rotatable bonds is 4. The molecular weight excluding hydrogens is 457 g/mol. The summed E-state index contributed by atoms with van der Waals surface area (Å²) in [5, 5.41) is 7.73. The van der Waals surface area contributed by atoms with Crippen molar-refractivity contribution in [1.29, 1.82) is 0 Å². The second kappa shape index (κ2) is 9.53. The number of fused-ring (bicyclic) bond motifs is 3. The fourth-order valence-electron chi connectivity index (χ4n) is 4.30. The van der Waals surface area contributed by atoms with Gasteiger partial charge in [-0.3, -0.25) is 19.7 Å². The molecule has 5 heterocycles. The van der Waals surface area contributed by atoms with Crippen molar-refractivity contribution < 1.29 is 4.52 Å². The van der Waals surface area contributed by atoms with Crippen molar-refractivity contribution in [1.82, 2.24) is 30.1 Å². The van der Waals surface area contributed by atoms with Crippen molar-refractivity contribution in [2.24, 2.45) is 4.99 Å². The lowest BCUT2D eigenvalue weighted by Gasteiger charge is -2.47. The van der Waals surface area contributed by atoms with E-state index in [0.29, 0.717) is 6.04 Å². The van der Waals surface area contributed by atoms with Gasteiger partial charge in [0.25, 0.3) is 0 Å². The van der Waals surface area contributed by atoms with E-state index in [1.54, 1.807) is 0 Å². The number of halogens is 1. The average molecular weight is 489 g/mol. The lowest BCUT2D eigenvalue weighted by Crippen LogP contribution is -2.64. The molecule has 4 aliphatic heterocycles. The van der Waals surface area contributed by atoms with Gasteiger partial charge in [-0.1, -0.05) is 5.16 Å². The van der Waals surface area contributed by atoms with Crippen LogP contribution in [0.2, 0.25) is 0 Å². The molecule has 1 N–H and O–H groups in total. The lowest BCUT2D eigenvalue weighted by atomic mass is 10.1.